The summed E-state index contributed by atoms with van der Waals surface area (Å²) in [5.74, 6) is 0.295. The van der Waals surface area contributed by atoms with Crippen molar-refractivity contribution in [2.24, 2.45) is 0 Å². The number of rotatable bonds is 3. The Kier molecular flexibility index (Phi) is 4.13. The molecule has 0 spiro atoms. The maximum atomic E-state index is 13.3. The summed E-state index contributed by atoms with van der Waals surface area (Å²) in [5.41, 5.74) is 2.11. The number of ether oxygens (including phenoxy) is 2. The van der Waals surface area contributed by atoms with Gasteiger partial charge in [0.2, 0.25) is 5.91 Å². The fourth-order valence-electron chi connectivity index (χ4n) is 2.89. The molecule has 1 unspecified atom stereocenters. The van der Waals surface area contributed by atoms with E-state index in [1.54, 1.807) is 32.4 Å². The molecule has 6 heteroatoms. The van der Waals surface area contributed by atoms with E-state index >= 15 is 0 Å². The number of fused-ring (bicyclic) bond motifs is 1. The van der Waals surface area contributed by atoms with Gasteiger partial charge < -0.3 is 14.8 Å². The molecule has 120 valence electrons. The van der Waals surface area contributed by atoms with E-state index in [-0.39, 0.29) is 23.3 Å². The first-order valence-corrected chi connectivity index (χ1v) is 7.42. The summed E-state index contributed by atoms with van der Waals surface area (Å²) >= 11 is 6.19. The molecule has 2 aromatic rings. The van der Waals surface area contributed by atoms with Crippen LogP contribution in [0.15, 0.2) is 30.3 Å². The van der Waals surface area contributed by atoms with E-state index in [1.807, 2.05) is 0 Å². The molecule has 0 bridgehead atoms. The Bertz CT molecular complexity index is 779. The van der Waals surface area contributed by atoms with E-state index < -0.39 is 5.82 Å². The second-order valence-electron chi connectivity index (χ2n) is 5.26. The normalized spacial score (nSPS) is 16.5. The predicted octanol–water partition coefficient (Wildman–Crippen LogP) is 3.97. The average Bonchev–Trinajstić information content (AvgIpc) is 2.52. The monoisotopic (exact) mass is 335 g/mol. The molecular formula is C17H15ClFNO3. The Labute approximate surface area is 138 Å². The Morgan fingerprint density at radius 3 is 2.65 bits per heavy atom. The lowest BCUT2D eigenvalue weighted by atomic mass is 9.84. The van der Waals surface area contributed by atoms with Gasteiger partial charge in [0.15, 0.2) is 0 Å². The van der Waals surface area contributed by atoms with E-state index in [2.05, 4.69) is 5.32 Å². The molecule has 1 atom stereocenters. The van der Waals surface area contributed by atoms with Gasteiger partial charge in [0.25, 0.3) is 0 Å². The third-order valence-corrected chi connectivity index (χ3v) is 4.25. The highest BCUT2D eigenvalue weighted by atomic mass is 35.5. The van der Waals surface area contributed by atoms with Crippen molar-refractivity contribution in [3.8, 4) is 11.5 Å². The summed E-state index contributed by atoms with van der Waals surface area (Å²) in [4.78, 5) is 12.1. The van der Waals surface area contributed by atoms with Crippen LogP contribution in [0.4, 0.5) is 10.1 Å². The lowest BCUT2D eigenvalue weighted by Crippen LogP contribution is -2.24. The smallest absolute Gasteiger partial charge is 0.225 e. The summed E-state index contributed by atoms with van der Waals surface area (Å²) in [6, 6.07) is 7.68. The van der Waals surface area contributed by atoms with Crippen LogP contribution in [-0.4, -0.2) is 20.1 Å². The molecule has 4 nitrogen and oxygen atoms in total. The van der Waals surface area contributed by atoms with E-state index in [0.717, 1.165) is 5.56 Å². The van der Waals surface area contributed by atoms with E-state index in [1.165, 1.54) is 12.1 Å². The molecule has 1 aliphatic rings. The van der Waals surface area contributed by atoms with Crippen molar-refractivity contribution in [2.75, 3.05) is 19.5 Å². The molecule has 3 rings (SSSR count). The van der Waals surface area contributed by atoms with Gasteiger partial charge in [-0.25, -0.2) is 4.39 Å². The van der Waals surface area contributed by atoms with Crippen molar-refractivity contribution in [2.45, 2.75) is 12.3 Å². The van der Waals surface area contributed by atoms with Crippen molar-refractivity contribution in [3.63, 3.8) is 0 Å². The van der Waals surface area contributed by atoms with Crippen molar-refractivity contribution in [1.29, 1.82) is 0 Å². The van der Waals surface area contributed by atoms with E-state index in [9.17, 15) is 9.18 Å². The Morgan fingerprint density at radius 2 is 2.00 bits per heavy atom. The minimum Gasteiger partial charge on any atom is -0.497 e. The highest BCUT2D eigenvalue weighted by molar-refractivity contribution is 6.31. The highest BCUT2D eigenvalue weighted by Gasteiger charge is 2.31. The number of methoxy groups -OCH3 is 2. The van der Waals surface area contributed by atoms with Gasteiger partial charge >= 0.3 is 0 Å². The number of benzene rings is 2. The predicted molar refractivity (Wildman–Crippen MR) is 86.0 cm³/mol. The van der Waals surface area contributed by atoms with Gasteiger partial charge in [-0.05, 0) is 17.7 Å². The number of nitrogens with one attached hydrogen (secondary N) is 1. The van der Waals surface area contributed by atoms with Crippen LogP contribution in [-0.2, 0) is 4.79 Å². The Balaban J connectivity index is 2.20. The number of halogens is 2. The van der Waals surface area contributed by atoms with E-state index in [4.69, 9.17) is 21.1 Å². The molecule has 0 saturated heterocycles. The summed E-state index contributed by atoms with van der Waals surface area (Å²) in [6.45, 7) is 0. The second kappa shape index (κ2) is 6.08. The fraction of sp³-hybridized carbons (Fsp3) is 0.235. The SMILES string of the molecule is COc1cc2c(c(OC)c1)C(c1ccc(F)cc1Cl)CC(=O)N2. The van der Waals surface area contributed by atoms with Crippen LogP contribution in [0.25, 0.3) is 0 Å². The minimum atomic E-state index is -0.416. The Hall–Kier alpha value is -2.27. The van der Waals surface area contributed by atoms with Crippen molar-refractivity contribution in [3.05, 3.63) is 52.3 Å². The molecule has 0 aliphatic carbocycles. The van der Waals surface area contributed by atoms with Gasteiger partial charge in [0, 0.05) is 35.1 Å². The summed E-state index contributed by atoms with van der Waals surface area (Å²) in [5, 5.41) is 3.11. The number of anilines is 1. The van der Waals surface area contributed by atoms with Crippen LogP contribution in [0.2, 0.25) is 5.02 Å². The third-order valence-electron chi connectivity index (χ3n) is 3.92. The minimum absolute atomic E-state index is 0.141. The number of carbonyl (C=O) groups excluding carboxylic acids is 1. The van der Waals surface area contributed by atoms with E-state index in [0.29, 0.717) is 22.7 Å². The first-order chi connectivity index (χ1) is 11.0. The molecule has 0 aromatic heterocycles. The lowest BCUT2D eigenvalue weighted by Gasteiger charge is -2.28. The zero-order valence-corrected chi connectivity index (χ0v) is 13.4. The van der Waals surface area contributed by atoms with Crippen LogP contribution >= 0.6 is 11.6 Å². The molecule has 0 radical (unpaired) electrons. The zero-order valence-electron chi connectivity index (χ0n) is 12.7. The van der Waals surface area contributed by atoms with Gasteiger partial charge in [-0.3, -0.25) is 4.79 Å². The molecule has 1 N–H and O–H groups in total. The number of hydrogen-bond acceptors (Lipinski definition) is 3. The number of amides is 1. The molecular weight excluding hydrogens is 321 g/mol. The van der Waals surface area contributed by atoms with Crippen molar-refractivity contribution < 1.29 is 18.7 Å². The zero-order chi connectivity index (χ0) is 16.6. The van der Waals surface area contributed by atoms with Crippen LogP contribution < -0.4 is 14.8 Å². The second-order valence-corrected chi connectivity index (χ2v) is 5.67. The average molecular weight is 336 g/mol. The number of carbonyl (C=O) groups is 1. The topological polar surface area (TPSA) is 47.6 Å². The maximum absolute atomic E-state index is 13.3. The molecule has 23 heavy (non-hydrogen) atoms. The van der Waals surface area contributed by atoms with Gasteiger partial charge in [-0.1, -0.05) is 17.7 Å². The van der Waals surface area contributed by atoms with Gasteiger partial charge in [0.05, 0.1) is 19.9 Å². The van der Waals surface area contributed by atoms with Crippen molar-refractivity contribution >= 4 is 23.2 Å². The van der Waals surface area contributed by atoms with Gasteiger partial charge in [-0.15, -0.1) is 0 Å². The molecule has 1 aliphatic heterocycles. The highest BCUT2D eigenvalue weighted by Crippen LogP contribution is 2.46. The third kappa shape index (κ3) is 2.84. The molecule has 1 amide bonds. The quantitative estimate of drug-likeness (QED) is 0.923. The van der Waals surface area contributed by atoms with Gasteiger partial charge in [-0.2, -0.15) is 0 Å². The molecule has 0 fully saturated rings. The maximum Gasteiger partial charge on any atom is 0.225 e. The molecule has 1 heterocycles. The summed E-state index contributed by atoms with van der Waals surface area (Å²) in [7, 11) is 3.09. The first kappa shape index (κ1) is 15.6. The molecule has 2 aromatic carbocycles. The Morgan fingerprint density at radius 1 is 1.22 bits per heavy atom. The van der Waals surface area contributed by atoms with Crippen molar-refractivity contribution in [1.82, 2.24) is 0 Å². The van der Waals surface area contributed by atoms with Crippen LogP contribution in [0.3, 0.4) is 0 Å². The van der Waals surface area contributed by atoms with Gasteiger partial charge in [0.1, 0.15) is 17.3 Å². The van der Waals surface area contributed by atoms with Crippen LogP contribution in [0.5, 0.6) is 11.5 Å². The fourth-order valence-corrected chi connectivity index (χ4v) is 3.19. The largest absolute Gasteiger partial charge is 0.497 e. The van der Waals surface area contributed by atoms with Crippen LogP contribution in [0.1, 0.15) is 23.5 Å². The lowest BCUT2D eigenvalue weighted by molar-refractivity contribution is -0.116. The standard InChI is InChI=1S/C17H15ClFNO3/c1-22-10-6-14-17(15(7-10)23-2)12(8-16(21)20-14)11-4-3-9(19)5-13(11)18/h3-7,12H,8H2,1-2H3,(H,20,21). The molecule has 0 saturated carbocycles. The summed E-state index contributed by atoms with van der Waals surface area (Å²) < 4.78 is 24.0. The summed E-state index contributed by atoms with van der Waals surface area (Å²) in [6.07, 6.45) is 0.209. The van der Waals surface area contributed by atoms with Crippen LogP contribution in [0, 0.1) is 5.82 Å². The number of hydrogen-bond donors (Lipinski definition) is 1. The first-order valence-electron chi connectivity index (χ1n) is 7.04.